The summed E-state index contributed by atoms with van der Waals surface area (Å²) in [7, 11) is 0. The van der Waals surface area contributed by atoms with Gasteiger partial charge in [-0.05, 0) is 29.8 Å². The molecule has 1 aromatic heterocycles. The first kappa shape index (κ1) is 12.9. The minimum Gasteiger partial charge on any atom is -0.235 e. The van der Waals surface area contributed by atoms with Crippen LogP contribution >= 0.6 is 22.9 Å². The second-order valence-electron chi connectivity index (χ2n) is 4.18. The summed E-state index contributed by atoms with van der Waals surface area (Å²) in [4.78, 5) is 4.49. The molecule has 0 amide bonds. The molecule has 0 spiro atoms. The Bertz CT molecular complexity index is 810. The van der Waals surface area contributed by atoms with Crippen molar-refractivity contribution in [3.8, 4) is 6.07 Å². The van der Waals surface area contributed by atoms with E-state index >= 15 is 0 Å². The maximum atomic E-state index is 9.36. The fourth-order valence-corrected chi connectivity index (χ4v) is 3.00. The SMILES string of the molecule is N#CC(=Cc1ccccc1Cl)c1nc2ccccc2s1. The molecule has 0 saturated heterocycles. The van der Waals surface area contributed by atoms with Crippen molar-refractivity contribution in [1.82, 2.24) is 4.98 Å². The van der Waals surface area contributed by atoms with Crippen LogP contribution in [0.4, 0.5) is 0 Å². The van der Waals surface area contributed by atoms with Crippen LogP contribution in [0.5, 0.6) is 0 Å². The van der Waals surface area contributed by atoms with Crippen LogP contribution in [0.3, 0.4) is 0 Å². The van der Waals surface area contributed by atoms with E-state index in [4.69, 9.17) is 11.6 Å². The van der Waals surface area contributed by atoms with E-state index in [1.54, 1.807) is 12.1 Å². The van der Waals surface area contributed by atoms with Crippen LogP contribution in [0, 0.1) is 11.3 Å². The molecule has 0 unspecified atom stereocenters. The summed E-state index contributed by atoms with van der Waals surface area (Å²) in [6.07, 6.45) is 1.78. The number of thiazole rings is 1. The van der Waals surface area contributed by atoms with Gasteiger partial charge in [0.15, 0.2) is 0 Å². The predicted molar refractivity (Wildman–Crippen MR) is 84.6 cm³/mol. The Hall–Kier alpha value is -2.15. The number of allylic oxidation sites excluding steroid dienone is 1. The lowest BCUT2D eigenvalue weighted by molar-refractivity contribution is 1.44. The molecular formula is C16H9ClN2S. The highest BCUT2D eigenvalue weighted by Crippen LogP contribution is 2.29. The van der Waals surface area contributed by atoms with Crippen molar-refractivity contribution in [3.05, 3.63) is 64.1 Å². The number of rotatable bonds is 2. The molecule has 0 saturated carbocycles. The summed E-state index contributed by atoms with van der Waals surface area (Å²) in [5.74, 6) is 0. The summed E-state index contributed by atoms with van der Waals surface area (Å²) in [5.41, 5.74) is 2.26. The van der Waals surface area contributed by atoms with E-state index in [2.05, 4.69) is 11.1 Å². The highest BCUT2D eigenvalue weighted by Gasteiger charge is 2.09. The maximum Gasteiger partial charge on any atom is 0.135 e. The Morgan fingerprint density at radius 1 is 1.15 bits per heavy atom. The Kier molecular flexibility index (Phi) is 3.51. The average Bonchev–Trinajstić information content (AvgIpc) is 2.90. The zero-order valence-corrected chi connectivity index (χ0v) is 11.9. The molecule has 0 aliphatic carbocycles. The molecule has 0 N–H and O–H groups in total. The number of aromatic nitrogens is 1. The van der Waals surface area contributed by atoms with Crippen LogP contribution in [0.2, 0.25) is 5.02 Å². The fourth-order valence-electron chi connectivity index (χ4n) is 1.88. The quantitative estimate of drug-likeness (QED) is 0.623. The van der Waals surface area contributed by atoms with Gasteiger partial charge < -0.3 is 0 Å². The molecule has 0 radical (unpaired) electrons. The van der Waals surface area contributed by atoms with E-state index in [1.165, 1.54) is 11.3 Å². The second-order valence-corrected chi connectivity index (χ2v) is 5.62. The van der Waals surface area contributed by atoms with Gasteiger partial charge in [-0.25, -0.2) is 4.98 Å². The Morgan fingerprint density at radius 3 is 2.65 bits per heavy atom. The maximum absolute atomic E-state index is 9.36. The first-order valence-electron chi connectivity index (χ1n) is 6.00. The van der Waals surface area contributed by atoms with Crippen molar-refractivity contribution in [2.45, 2.75) is 0 Å². The van der Waals surface area contributed by atoms with Crippen LogP contribution in [0.25, 0.3) is 21.9 Å². The molecule has 0 fully saturated rings. The number of hydrogen-bond donors (Lipinski definition) is 0. The molecule has 0 aliphatic rings. The molecule has 3 aromatic rings. The molecule has 0 bridgehead atoms. The molecule has 2 aromatic carbocycles. The number of para-hydroxylation sites is 1. The molecule has 0 atom stereocenters. The van der Waals surface area contributed by atoms with Gasteiger partial charge in [0.05, 0.1) is 15.8 Å². The lowest BCUT2D eigenvalue weighted by Crippen LogP contribution is -1.81. The van der Waals surface area contributed by atoms with Crippen LogP contribution < -0.4 is 0 Å². The Labute approximate surface area is 125 Å². The smallest absolute Gasteiger partial charge is 0.135 e. The monoisotopic (exact) mass is 296 g/mol. The highest BCUT2D eigenvalue weighted by atomic mass is 35.5. The average molecular weight is 297 g/mol. The molecule has 2 nitrogen and oxygen atoms in total. The third-order valence-electron chi connectivity index (χ3n) is 2.85. The molecule has 3 rings (SSSR count). The molecule has 4 heteroatoms. The third kappa shape index (κ3) is 2.44. The second kappa shape index (κ2) is 5.46. The van der Waals surface area contributed by atoms with E-state index < -0.39 is 0 Å². The molecule has 20 heavy (non-hydrogen) atoms. The van der Waals surface area contributed by atoms with Crippen molar-refractivity contribution in [3.63, 3.8) is 0 Å². The summed E-state index contributed by atoms with van der Waals surface area (Å²) < 4.78 is 1.07. The normalized spacial score (nSPS) is 11.5. The Morgan fingerprint density at radius 2 is 1.90 bits per heavy atom. The van der Waals surface area contributed by atoms with Gasteiger partial charge in [-0.15, -0.1) is 11.3 Å². The number of halogens is 1. The number of fused-ring (bicyclic) bond motifs is 1. The van der Waals surface area contributed by atoms with Gasteiger partial charge in [-0.2, -0.15) is 5.26 Å². The van der Waals surface area contributed by atoms with Crippen LogP contribution in [0.1, 0.15) is 10.6 Å². The van der Waals surface area contributed by atoms with Gasteiger partial charge in [0.25, 0.3) is 0 Å². The predicted octanol–water partition coefficient (Wildman–Crippen LogP) is 5.01. The van der Waals surface area contributed by atoms with E-state index in [-0.39, 0.29) is 0 Å². The molecule has 1 heterocycles. The largest absolute Gasteiger partial charge is 0.235 e. The van der Waals surface area contributed by atoms with E-state index in [0.29, 0.717) is 15.6 Å². The molecule has 96 valence electrons. The van der Waals surface area contributed by atoms with Gasteiger partial charge in [-0.1, -0.05) is 41.9 Å². The van der Waals surface area contributed by atoms with Crippen molar-refractivity contribution < 1.29 is 0 Å². The summed E-state index contributed by atoms with van der Waals surface area (Å²) in [6.45, 7) is 0. The fraction of sp³-hybridized carbons (Fsp3) is 0. The van der Waals surface area contributed by atoms with Gasteiger partial charge in [0, 0.05) is 5.02 Å². The lowest BCUT2D eigenvalue weighted by atomic mass is 10.1. The van der Waals surface area contributed by atoms with Gasteiger partial charge in [0.2, 0.25) is 0 Å². The summed E-state index contributed by atoms with van der Waals surface area (Å²) in [6, 6.07) is 17.5. The summed E-state index contributed by atoms with van der Waals surface area (Å²) >= 11 is 7.63. The molecular weight excluding hydrogens is 288 g/mol. The first-order valence-corrected chi connectivity index (χ1v) is 7.19. The van der Waals surface area contributed by atoms with E-state index in [1.807, 2.05) is 42.5 Å². The minimum atomic E-state index is 0.527. The van der Waals surface area contributed by atoms with Crippen LogP contribution in [-0.2, 0) is 0 Å². The van der Waals surface area contributed by atoms with Gasteiger partial charge >= 0.3 is 0 Å². The zero-order valence-electron chi connectivity index (χ0n) is 10.4. The van der Waals surface area contributed by atoms with Gasteiger partial charge in [0.1, 0.15) is 11.1 Å². The standard InChI is InChI=1S/C16H9ClN2S/c17-13-6-2-1-5-11(13)9-12(10-18)16-19-14-7-3-4-8-15(14)20-16/h1-9H. The third-order valence-corrected chi connectivity index (χ3v) is 4.26. The highest BCUT2D eigenvalue weighted by molar-refractivity contribution is 7.19. The van der Waals surface area contributed by atoms with Crippen molar-refractivity contribution >= 4 is 44.8 Å². The summed E-state index contributed by atoms with van der Waals surface area (Å²) in [5, 5.41) is 10.7. The minimum absolute atomic E-state index is 0.527. The first-order chi connectivity index (χ1) is 9.78. The number of hydrogen-bond acceptors (Lipinski definition) is 3. The number of benzene rings is 2. The van der Waals surface area contributed by atoms with Crippen LogP contribution in [0.15, 0.2) is 48.5 Å². The van der Waals surface area contributed by atoms with Crippen molar-refractivity contribution in [2.24, 2.45) is 0 Å². The van der Waals surface area contributed by atoms with Crippen LogP contribution in [-0.4, -0.2) is 4.98 Å². The lowest BCUT2D eigenvalue weighted by Gasteiger charge is -1.98. The topological polar surface area (TPSA) is 36.7 Å². The van der Waals surface area contributed by atoms with E-state index in [0.717, 1.165) is 15.8 Å². The van der Waals surface area contributed by atoms with Crippen molar-refractivity contribution in [2.75, 3.05) is 0 Å². The number of nitriles is 1. The van der Waals surface area contributed by atoms with E-state index in [9.17, 15) is 5.26 Å². The van der Waals surface area contributed by atoms with Crippen molar-refractivity contribution in [1.29, 1.82) is 5.26 Å². The zero-order chi connectivity index (χ0) is 13.9. The number of nitrogens with zero attached hydrogens (tertiary/aromatic N) is 2. The van der Waals surface area contributed by atoms with Gasteiger partial charge in [-0.3, -0.25) is 0 Å². The Balaban J connectivity index is 2.10. The molecule has 0 aliphatic heterocycles.